The Morgan fingerprint density at radius 3 is 2.40 bits per heavy atom. The Kier molecular flexibility index (Phi) is 3.90. The number of carbonyl (C=O) groups excluding carboxylic acids is 1. The Bertz CT molecular complexity index is 762. The van der Waals surface area contributed by atoms with E-state index in [0.717, 1.165) is 6.42 Å². The van der Waals surface area contributed by atoms with Crippen molar-refractivity contribution < 1.29 is 24.9 Å². The summed E-state index contributed by atoms with van der Waals surface area (Å²) in [4.78, 5) is 25.3. The molecule has 0 amide bonds. The first-order valence-corrected chi connectivity index (χ1v) is 8.90. The minimum Gasteiger partial charge on any atom is -0.504 e. The molecule has 1 aromatic rings. The molecule has 5 nitrogen and oxygen atoms in total. The molecule has 1 saturated carbocycles. The summed E-state index contributed by atoms with van der Waals surface area (Å²) in [5.41, 5.74) is -0.810. The Morgan fingerprint density at radius 2 is 1.84 bits per heavy atom. The molecule has 0 heterocycles. The van der Waals surface area contributed by atoms with Gasteiger partial charge in [-0.2, -0.15) is 0 Å². The largest absolute Gasteiger partial charge is 0.504 e. The van der Waals surface area contributed by atoms with E-state index >= 15 is 0 Å². The molecule has 0 spiro atoms. The Morgan fingerprint density at radius 1 is 1.20 bits per heavy atom. The molecule has 0 aromatic heterocycles. The zero-order valence-corrected chi connectivity index (χ0v) is 15.2. The van der Waals surface area contributed by atoms with Crippen LogP contribution in [0.25, 0.3) is 0 Å². The van der Waals surface area contributed by atoms with Gasteiger partial charge in [-0.3, -0.25) is 9.59 Å². The van der Waals surface area contributed by atoms with Crippen molar-refractivity contribution in [1.29, 1.82) is 0 Å². The molecule has 1 aromatic carbocycles. The number of carboxylic acid groups (broad SMARTS) is 1. The van der Waals surface area contributed by atoms with Crippen molar-refractivity contribution in [2.24, 2.45) is 11.3 Å². The second-order valence-corrected chi connectivity index (χ2v) is 8.54. The maximum atomic E-state index is 12.8. The molecule has 136 valence electrons. The van der Waals surface area contributed by atoms with E-state index in [1.54, 1.807) is 6.07 Å². The lowest BCUT2D eigenvalue weighted by molar-refractivity contribution is -0.152. The van der Waals surface area contributed by atoms with E-state index in [9.17, 15) is 24.9 Å². The quantitative estimate of drug-likeness (QED) is 0.705. The minimum absolute atomic E-state index is 0.0923. The van der Waals surface area contributed by atoms with Gasteiger partial charge < -0.3 is 15.3 Å². The van der Waals surface area contributed by atoms with Gasteiger partial charge in [-0.1, -0.05) is 34.1 Å². The van der Waals surface area contributed by atoms with Crippen molar-refractivity contribution in [3.63, 3.8) is 0 Å². The van der Waals surface area contributed by atoms with Crippen LogP contribution in [0.2, 0.25) is 0 Å². The number of rotatable bonds is 2. The molecule has 2 atom stereocenters. The van der Waals surface area contributed by atoms with E-state index < -0.39 is 23.1 Å². The molecule has 0 bridgehead atoms. The number of aliphatic carboxylic acids is 1. The Labute approximate surface area is 147 Å². The highest BCUT2D eigenvalue weighted by atomic mass is 16.4. The van der Waals surface area contributed by atoms with Crippen LogP contribution in [0.15, 0.2) is 6.07 Å². The van der Waals surface area contributed by atoms with Crippen molar-refractivity contribution in [3.8, 4) is 11.5 Å². The van der Waals surface area contributed by atoms with Gasteiger partial charge in [0.15, 0.2) is 17.3 Å². The number of carboxylic acids is 1. The summed E-state index contributed by atoms with van der Waals surface area (Å²) in [5, 5.41) is 31.4. The van der Waals surface area contributed by atoms with Crippen LogP contribution in [0.5, 0.6) is 11.5 Å². The van der Waals surface area contributed by atoms with Crippen LogP contribution in [0.1, 0.15) is 80.8 Å². The molecule has 2 aliphatic rings. The fraction of sp³-hybridized carbons (Fsp3) is 0.600. The number of Topliss-reactive ketones (excluding diaryl/α,β-unsaturated/α-hetero) is 1. The molecular weight excluding hydrogens is 320 g/mol. The van der Waals surface area contributed by atoms with Crippen molar-refractivity contribution in [2.45, 2.75) is 64.7 Å². The number of benzene rings is 1. The smallest absolute Gasteiger partial charge is 0.314 e. The van der Waals surface area contributed by atoms with E-state index in [0.29, 0.717) is 18.4 Å². The lowest BCUT2D eigenvalue weighted by Gasteiger charge is -2.52. The third-order valence-corrected chi connectivity index (χ3v) is 6.37. The summed E-state index contributed by atoms with van der Waals surface area (Å²) in [5.74, 6) is -2.40. The molecule has 0 unspecified atom stereocenters. The van der Waals surface area contributed by atoms with E-state index in [1.165, 1.54) is 0 Å². The van der Waals surface area contributed by atoms with Crippen LogP contribution in [0.3, 0.4) is 0 Å². The van der Waals surface area contributed by atoms with E-state index in [4.69, 9.17) is 0 Å². The van der Waals surface area contributed by atoms with Crippen molar-refractivity contribution in [1.82, 2.24) is 0 Å². The molecule has 2 aliphatic carbocycles. The molecule has 3 rings (SSSR count). The van der Waals surface area contributed by atoms with Crippen molar-refractivity contribution in [3.05, 3.63) is 22.8 Å². The molecule has 0 radical (unpaired) electrons. The first kappa shape index (κ1) is 17.8. The highest BCUT2D eigenvalue weighted by molar-refractivity contribution is 6.04. The monoisotopic (exact) mass is 346 g/mol. The van der Waals surface area contributed by atoms with Crippen molar-refractivity contribution in [2.75, 3.05) is 0 Å². The predicted molar refractivity (Wildman–Crippen MR) is 93.2 cm³/mol. The van der Waals surface area contributed by atoms with Gasteiger partial charge in [0.2, 0.25) is 0 Å². The van der Waals surface area contributed by atoms with Gasteiger partial charge in [-0.25, -0.2) is 0 Å². The second-order valence-electron chi connectivity index (χ2n) is 8.54. The summed E-state index contributed by atoms with van der Waals surface area (Å²) in [6.45, 7) is 7.69. The lowest BCUT2D eigenvalue weighted by atomic mass is 9.49. The highest BCUT2D eigenvalue weighted by Gasteiger charge is 2.60. The maximum Gasteiger partial charge on any atom is 0.314 e. The fourth-order valence-electron chi connectivity index (χ4n) is 5.04. The summed E-state index contributed by atoms with van der Waals surface area (Å²) in [6, 6.07) is 1.58. The topological polar surface area (TPSA) is 94.8 Å². The number of ketones is 1. The van der Waals surface area contributed by atoms with Gasteiger partial charge >= 0.3 is 5.97 Å². The summed E-state index contributed by atoms with van der Waals surface area (Å²) >= 11 is 0. The first-order valence-electron chi connectivity index (χ1n) is 8.90. The zero-order valence-electron chi connectivity index (χ0n) is 15.2. The van der Waals surface area contributed by atoms with Gasteiger partial charge in [0.05, 0.1) is 0 Å². The van der Waals surface area contributed by atoms with Crippen LogP contribution in [0, 0.1) is 11.3 Å². The Hall–Kier alpha value is -2.04. The van der Waals surface area contributed by atoms with E-state index in [1.807, 2.05) is 27.7 Å². The molecule has 0 saturated heterocycles. The summed E-state index contributed by atoms with van der Waals surface area (Å²) < 4.78 is 0. The maximum absolute atomic E-state index is 12.8. The molecule has 25 heavy (non-hydrogen) atoms. The summed E-state index contributed by atoms with van der Waals surface area (Å²) in [6.07, 6.45) is 2.07. The lowest BCUT2D eigenvalue weighted by Crippen LogP contribution is -2.55. The molecular formula is C20H26O5. The third-order valence-electron chi connectivity index (χ3n) is 6.37. The summed E-state index contributed by atoms with van der Waals surface area (Å²) in [7, 11) is 0. The molecule has 1 fully saturated rings. The number of hydrogen-bond donors (Lipinski definition) is 3. The van der Waals surface area contributed by atoms with Crippen LogP contribution in [0.4, 0.5) is 0 Å². The molecule has 5 heteroatoms. The SMILES string of the molecule is CC(C)c1cc2c(c(O)c1O)[C@@]1(C(=O)O)CCCC(C)(C)[C@@H]1CC2=O. The number of phenols is 2. The van der Waals surface area contributed by atoms with Gasteiger partial charge in [-0.05, 0) is 36.2 Å². The minimum atomic E-state index is -1.33. The standard InChI is InChI=1S/C20H26O5/c1-10(2)11-8-12-13(21)9-14-19(3,4)6-5-7-20(14,18(24)25)15(12)17(23)16(11)22/h8,10,14,22-23H,5-7,9H2,1-4H3,(H,24,25)/t14-,20+/m0/s1. The van der Waals surface area contributed by atoms with E-state index in [2.05, 4.69) is 0 Å². The number of aromatic hydroxyl groups is 2. The van der Waals surface area contributed by atoms with E-state index in [-0.39, 0.29) is 40.4 Å². The van der Waals surface area contributed by atoms with Crippen LogP contribution in [-0.2, 0) is 10.2 Å². The number of phenolic OH excluding ortho intramolecular Hbond substituents is 2. The van der Waals surface area contributed by atoms with Gasteiger partial charge in [0.25, 0.3) is 0 Å². The predicted octanol–water partition coefficient (Wildman–Crippen LogP) is 3.96. The second kappa shape index (κ2) is 5.48. The first-order chi connectivity index (χ1) is 11.5. The van der Waals surface area contributed by atoms with Gasteiger partial charge in [0.1, 0.15) is 5.41 Å². The highest BCUT2D eigenvalue weighted by Crippen LogP contribution is 2.60. The third kappa shape index (κ3) is 2.28. The molecule has 0 aliphatic heterocycles. The van der Waals surface area contributed by atoms with Crippen LogP contribution < -0.4 is 0 Å². The van der Waals surface area contributed by atoms with Crippen molar-refractivity contribution >= 4 is 11.8 Å². The van der Waals surface area contributed by atoms with Gasteiger partial charge in [0, 0.05) is 23.1 Å². The number of carbonyl (C=O) groups is 2. The Balaban J connectivity index is 2.38. The molecule has 3 N–H and O–H groups in total. The number of fused-ring (bicyclic) bond motifs is 3. The zero-order chi connectivity index (χ0) is 18.7. The normalized spacial score (nSPS) is 27.7. The van der Waals surface area contributed by atoms with Crippen LogP contribution >= 0.6 is 0 Å². The van der Waals surface area contributed by atoms with Crippen LogP contribution in [-0.4, -0.2) is 27.1 Å². The number of hydrogen-bond acceptors (Lipinski definition) is 4. The fourth-order valence-corrected chi connectivity index (χ4v) is 5.04. The average molecular weight is 346 g/mol. The van der Waals surface area contributed by atoms with Gasteiger partial charge in [-0.15, -0.1) is 0 Å². The average Bonchev–Trinajstić information content (AvgIpc) is 2.50.